The predicted octanol–water partition coefficient (Wildman–Crippen LogP) is 3.14. The lowest BCUT2D eigenvalue weighted by atomic mass is 9.78. The van der Waals surface area contributed by atoms with Gasteiger partial charge in [-0.15, -0.1) is 11.3 Å². The molecule has 1 unspecified atom stereocenters. The summed E-state index contributed by atoms with van der Waals surface area (Å²) in [5, 5.41) is 0. The molecule has 2 N–H and O–H groups in total. The molecule has 1 atom stereocenters. The molecule has 0 spiro atoms. The second-order valence-corrected chi connectivity index (χ2v) is 7.79. The van der Waals surface area contributed by atoms with Crippen molar-refractivity contribution in [2.75, 3.05) is 0 Å². The lowest BCUT2D eigenvalue weighted by Gasteiger charge is -2.32. The molecular weight excluding hydrogens is 301 g/mol. The molecule has 0 bridgehead atoms. The van der Waals surface area contributed by atoms with Crippen LogP contribution in [0.5, 0.6) is 0 Å². The number of hydrogen-bond donors (Lipinski definition) is 1. The summed E-state index contributed by atoms with van der Waals surface area (Å²) in [5.74, 6) is -0.243. The first-order valence-corrected chi connectivity index (χ1v) is 7.20. The Hall–Kier alpha value is 0.125. The fraction of sp³-hybridized carbons (Fsp3) is 0.636. The van der Waals surface area contributed by atoms with E-state index in [1.54, 1.807) is 11.3 Å². The summed E-state index contributed by atoms with van der Waals surface area (Å²) in [5.41, 5.74) is 5.54. The van der Waals surface area contributed by atoms with Gasteiger partial charge in [0.05, 0.1) is 20.9 Å². The monoisotopic (exact) mass is 317 g/mol. The molecule has 0 aliphatic carbocycles. The highest BCUT2D eigenvalue weighted by atomic mass is 79.9. The van der Waals surface area contributed by atoms with E-state index < -0.39 is 0 Å². The van der Waals surface area contributed by atoms with Crippen molar-refractivity contribution < 1.29 is 9.31 Å². The van der Waals surface area contributed by atoms with Crippen LogP contribution in [0.1, 0.15) is 38.5 Å². The first kappa shape index (κ1) is 13.6. The summed E-state index contributed by atoms with van der Waals surface area (Å²) < 4.78 is 12.9. The van der Waals surface area contributed by atoms with Crippen molar-refractivity contribution in [2.24, 2.45) is 5.73 Å². The summed E-state index contributed by atoms with van der Waals surface area (Å²) in [7, 11) is -0.384. The van der Waals surface area contributed by atoms with E-state index in [1.807, 2.05) is 39.8 Å². The van der Waals surface area contributed by atoms with Crippen molar-refractivity contribution in [3.8, 4) is 0 Å². The van der Waals surface area contributed by atoms with Crippen LogP contribution in [-0.2, 0) is 9.31 Å². The third-order valence-corrected chi connectivity index (χ3v) is 5.21. The smallest absolute Gasteiger partial charge is 0.402 e. The Kier molecular flexibility index (Phi) is 3.47. The maximum atomic E-state index is 6.20. The molecule has 2 heterocycles. The molecule has 0 amide bonds. The molecule has 0 aromatic carbocycles. The third kappa shape index (κ3) is 2.47. The molecule has 0 saturated carbocycles. The van der Waals surface area contributed by atoms with Crippen LogP contribution in [0.4, 0.5) is 0 Å². The Morgan fingerprint density at radius 2 is 1.76 bits per heavy atom. The lowest BCUT2D eigenvalue weighted by Crippen LogP contribution is -2.41. The zero-order valence-electron chi connectivity index (χ0n) is 10.5. The maximum Gasteiger partial charge on any atom is 0.481 e. The molecule has 1 saturated heterocycles. The highest BCUT2D eigenvalue weighted by Gasteiger charge is 2.53. The summed E-state index contributed by atoms with van der Waals surface area (Å²) in [6.07, 6.45) is 0. The normalized spacial score (nSPS) is 24.0. The van der Waals surface area contributed by atoms with Gasteiger partial charge in [0.2, 0.25) is 0 Å². The van der Waals surface area contributed by atoms with Crippen LogP contribution in [0.15, 0.2) is 15.9 Å². The molecule has 17 heavy (non-hydrogen) atoms. The third-order valence-electron chi connectivity index (χ3n) is 3.49. The van der Waals surface area contributed by atoms with E-state index in [9.17, 15) is 0 Å². The number of nitrogens with two attached hydrogens (primary N) is 1. The molecule has 6 heteroatoms. The van der Waals surface area contributed by atoms with Gasteiger partial charge in [-0.3, -0.25) is 0 Å². The topological polar surface area (TPSA) is 44.5 Å². The number of thiophene rings is 1. The number of halogens is 1. The highest BCUT2D eigenvalue weighted by molar-refractivity contribution is 9.11. The zero-order valence-corrected chi connectivity index (χ0v) is 12.9. The van der Waals surface area contributed by atoms with Crippen LogP contribution in [0.3, 0.4) is 0 Å². The largest absolute Gasteiger partial charge is 0.481 e. The summed E-state index contributed by atoms with van der Waals surface area (Å²) in [6.45, 7) is 8.13. The molecule has 0 radical (unpaired) electrons. The molecule has 1 aromatic rings. The van der Waals surface area contributed by atoms with Gasteiger partial charge in [0.25, 0.3) is 0 Å². The van der Waals surface area contributed by atoms with E-state index in [0.29, 0.717) is 0 Å². The van der Waals surface area contributed by atoms with Gasteiger partial charge in [0.1, 0.15) is 0 Å². The maximum absolute atomic E-state index is 6.20. The van der Waals surface area contributed by atoms with E-state index in [0.717, 1.165) is 8.66 Å². The minimum Gasteiger partial charge on any atom is -0.402 e. The second-order valence-electron chi connectivity index (χ2n) is 5.29. The molecule has 2 rings (SSSR count). The van der Waals surface area contributed by atoms with Crippen LogP contribution in [0.2, 0.25) is 0 Å². The van der Waals surface area contributed by atoms with Crippen LogP contribution in [0.25, 0.3) is 0 Å². The number of rotatable bonds is 2. The average molecular weight is 318 g/mol. The lowest BCUT2D eigenvalue weighted by molar-refractivity contribution is 0.00578. The average Bonchev–Trinajstić information content (AvgIpc) is 2.69. The predicted molar refractivity (Wildman–Crippen MR) is 75.0 cm³/mol. The van der Waals surface area contributed by atoms with Crippen LogP contribution >= 0.6 is 27.3 Å². The van der Waals surface area contributed by atoms with Crippen molar-refractivity contribution in [1.29, 1.82) is 0 Å². The van der Waals surface area contributed by atoms with Gasteiger partial charge in [-0.2, -0.15) is 0 Å². The van der Waals surface area contributed by atoms with E-state index >= 15 is 0 Å². The van der Waals surface area contributed by atoms with Crippen LogP contribution in [0, 0.1) is 0 Å². The van der Waals surface area contributed by atoms with Crippen molar-refractivity contribution in [3.63, 3.8) is 0 Å². The Bertz CT molecular complexity index is 405. The first-order valence-electron chi connectivity index (χ1n) is 5.59. The minimum atomic E-state index is -0.384. The molecule has 1 aliphatic heterocycles. The molecule has 1 aromatic heterocycles. The molecule has 1 fully saturated rings. The summed E-state index contributed by atoms with van der Waals surface area (Å²) in [6, 6.07) is 4.00. The van der Waals surface area contributed by atoms with Gasteiger partial charge in [-0.1, -0.05) is 0 Å². The number of hydrogen-bond acceptors (Lipinski definition) is 4. The fourth-order valence-electron chi connectivity index (χ4n) is 1.68. The summed E-state index contributed by atoms with van der Waals surface area (Å²) in [4.78, 5) is 1.07. The standard InChI is InChI=1S/C11H17BBrNO2S/c1-10(2)11(3,4)16-12(15-10)9(14)7-5-6-8(13)17-7/h5-6,9H,14H2,1-4H3. The van der Waals surface area contributed by atoms with Gasteiger partial charge in [0.15, 0.2) is 0 Å². The Labute approximate surface area is 115 Å². The van der Waals surface area contributed by atoms with Gasteiger partial charge >= 0.3 is 7.12 Å². The van der Waals surface area contributed by atoms with Crippen LogP contribution in [-0.4, -0.2) is 18.3 Å². The first-order chi connectivity index (χ1) is 7.73. The van der Waals surface area contributed by atoms with Gasteiger partial charge in [-0.05, 0) is 55.8 Å². The quantitative estimate of drug-likeness (QED) is 0.852. The van der Waals surface area contributed by atoms with E-state index in [4.69, 9.17) is 15.0 Å². The van der Waals surface area contributed by atoms with E-state index in [2.05, 4.69) is 15.9 Å². The molecule has 3 nitrogen and oxygen atoms in total. The van der Waals surface area contributed by atoms with Crippen molar-refractivity contribution in [2.45, 2.75) is 44.8 Å². The Morgan fingerprint density at radius 1 is 1.24 bits per heavy atom. The zero-order chi connectivity index (χ0) is 12.8. The van der Waals surface area contributed by atoms with E-state index in [-0.39, 0.29) is 24.3 Å². The second kappa shape index (κ2) is 4.35. The minimum absolute atomic E-state index is 0.243. The van der Waals surface area contributed by atoms with Gasteiger partial charge in [0, 0.05) is 4.88 Å². The van der Waals surface area contributed by atoms with Crippen LogP contribution < -0.4 is 5.73 Å². The highest BCUT2D eigenvalue weighted by Crippen LogP contribution is 2.40. The van der Waals surface area contributed by atoms with Crippen molar-refractivity contribution in [1.82, 2.24) is 0 Å². The Balaban J connectivity index is 2.16. The fourth-order valence-corrected chi connectivity index (χ4v) is 3.11. The van der Waals surface area contributed by atoms with Gasteiger partial charge < -0.3 is 15.0 Å². The molecular formula is C11H17BBrNO2S. The Morgan fingerprint density at radius 3 is 2.18 bits per heavy atom. The van der Waals surface area contributed by atoms with E-state index in [1.165, 1.54) is 0 Å². The molecule has 94 valence electrons. The molecule has 1 aliphatic rings. The van der Waals surface area contributed by atoms with Crippen molar-refractivity contribution in [3.05, 3.63) is 20.8 Å². The summed E-state index contributed by atoms with van der Waals surface area (Å²) >= 11 is 5.05. The van der Waals surface area contributed by atoms with Crippen molar-refractivity contribution >= 4 is 34.4 Å². The van der Waals surface area contributed by atoms with Gasteiger partial charge in [-0.25, -0.2) is 0 Å². The SMILES string of the molecule is CC1(C)OB(C(N)c2ccc(Br)s2)OC1(C)C.